The van der Waals surface area contributed by atoms with E-state index in [0.717, 1.165) is 88.6 Å². The summed E-state index contributed by atoms with van der Waals surface area (Å²) in [5.74, 6) is 1.80. The maximum absolute atomic E-state index is 6.54. The molecular weight excluding hydrogens is 723 g/mol. The van der Waals surface area contributed by atoms with Gasteiger partial charge in [0.25, 0.3) is 0 Å². The maximum atomic E-state index is 6.54. The predicted molar refractivity (Wildman–Crippen MR) is 240 cm³/mol. The molecule has 1 N–H and O–H groups in total. The average Bonchev–Trinajstić information content (AvgIpc) is 3.69. The highest BCUT2D eigenvalue weighted by Crippen LogP contribution is 2.43. The Bertz CT molecular complexity index is 3170. The number of hydrogen-bond acceptors (Lipinski definition) is 6. The van der Waals surface area contributed by atoms with Crippen molar-refractivity contribution in [1.29, 1.82) is 0 Å². The van der Waals surface area contributed by atoms with Crippen LogP contribution < -0.4 is 5.32 Å². The molecule has 10 aromatic rings. The van der Waals surface area contributed by atoms with Gasteiger partial charge in [0.1, 0.15) is 17.3 Å². The second kappa shape index (κ2) is 14.5. The molecule has 0 saturated carbocycles. The normalized spacial score (nSPS) is 13.9. The molecule has 0 amide bonds. The van der Waals surface area contributed by atoms with Crippen molar-refractivity contribution in [2.24, 2.45) is 4.99 Å². The van der Waals surface area contributed by atoms with Gasteiger partial charge >= 0.3 is 0 Å². The van der Waals surface area contributed by atoms with E-state index in [1.807, 2.05) is 91.0 Å². The van der Waals surface area contributed by atoms with E-state index in [-0.39, 0.29) is 6.17 Å². The van der Waals surface area contributed by atoms with Gasteiger partial charge in [0, 0.05) is 38.7 Å². The molecule has 0 saturated heterocycles. The van der Waals surface area contributed by atoms with Crippen molar-refractivity contribution in [2.75, 3.05) is 0 Å². The fraction of sp³-hybridized carbons (Fsp3) is 0.0189. The Morgan fingerprint density at radius 3 is 1.58 bits per heavy atom. The number of benzene rings is 8. The summed E-state index contributed by atoms with van der Waals surface area (Å²) >= 11 is 0. The lowest BCUT2D eigenvalue weighted by atomic mass is 9.89. The molecule has 3 heterocycles. The molecule has 1 aliphatic rings. The van der Waals surface area contributed by atoms with Gasteiger partial charge < -0.3 is 9.73 Å². The van der Waals surface area contributed by atoms with Gasteiger partial charge in [-0.3, -0.25) is 4.99 Å². The van der Waals surface area contributed by atoms with E-state index in [1.165, 1.54) is 0 Å². The van der Waals surface area contributed by atoms with Gasteiger partial charge in [-0.15, -0.1) is 0 Å². The fourth-order valence-corrected chi connectivity index (χ4v) is 8.13. The van der Waals surface area contributed by atoms with E-state index in [4.69, 9.17) is 24.4 Å². The zero-order valence-electron chi connectivity index (χ0n) is 31.8. The molecular formula is C53H35N5O. The average molecular weight is 758 g/mol. The van der Waals surface area contributed by atoms with E-state index < -0.39 is 0 Å². The van der Waals surface area contributed by atoms with Crippen molar-refractivity contribution in [3.8, 4) is 45.3 Å². The van der Waals surface area contributed by atoms with Crippen LogP contribution in [0.1, 0.15) is 22.9 Å². The first-order valence-electron chi connectivity index (χ1n) is 19.7. The molecule has 8 aromatic carbocycles. The van der Waals surface area contributed by atoms with E-state index in [9.17, 15) is 0 Å². The summed E-state index contributed by atoms with van der Waals surface area (Å²) in [4.78, 5) is 20.6. The number of furan rings is 1. The monoisotopic (exact) mass is 757 g/mol. The summed E-state index contributed by atoms with van der Waals surface area (Å²) in [5, 5.41) is 8.02. The highest BCUT2D eigenvalue weighted by Gasteiger charge is 2.24. The standard InChI is InChI=1S/C53H35N5O/c1-5-17-34(18-6-1)46-33-47(55-50(54-46)35-19-7-2-8-20-35)41-30-29-40(38-25-13-14-26-39(38)41)43-32-49-44(42-27-15-16-28-48(42)59-49)31-45(43)53-57-51(36-21-9-3-10-22-36)56-52(58-53)37-23-11-4-12-24-37/h1-33,50,55H. The van der Waals surface area contributed by atoms with Crippen LogP contribution in [0.5, 0.6) is 0 Å². The van der Waals surface area contributed by atoms with Crippen molar-refractivity contribution in [3.63, 3.8) is 0 Å². The Morgan fingerprint density at radius 2 is 0.915 bits per heavy atom. The van der Waals surface area contributed by atoms with Crippen LogP contribution in [0, 0.1) is 0 Å². The van der Waals surface area contributed by atoms with Gasteiger partial charge in [0.15, 0.2) is 17.5 Å². The smallest absolute Gasteiger partial charge is 0.164 e. The number of allylic oxidation sites excluding steroid dienone is 1. The molecule has 0 bridgehead atoms. The summed E-state index contributed by atoms with van der Waals surface area (Å²) in [6.45, 7) is 0. The van der Waals surface area contributed by atoms with Crippen molar-refractivity contribution >= 4 is 44.1 Å². The van der Waals surface area contributed by atoms with Gasteiger partial charge in [-0.25, -0.2) is 15.0 Å². The van der Waals surface area contributed by atoms with Crippen molar-refractivity contribution in [3.05, 3.63) is 217 Å². The lowest BCUT2D eigenvalue weighted by molar-refractivity contribution is 0.664. The number of fused-ring (bicyclic) bond motifs is 4. The number of aromatic nitrogens is 3. The molecule has 0 fully saturated rings. The minimum Gasteiger partial charge on any atom is -0.456 e. The predicted octanol–water partition coefficient (Wildman–Crippen LogP) is 12.7. The summed E-state index contributed by atoms with van der Waals surface area (Å²) < 4.78 is 6.54. The molecule has 0 aliphatic carbocycles. The SMILES string of the molecule is C1=C(c2ccc(-c3cc4oc5ccccc5c4cc3-c3nc(-c4ccccc4)nc(-c4ccccc4)n3)c3ccccc23)NC(c2ccccc2)N=C1c1ccccc1. The third-order valence-electron chi connectivity index (χ3n) is 11.0. The molecule has 59 heavy (non-hydrogen) atoms. The van der Waals surface area contributed by atoms with Crippen LogP contribution in [0.25, 0.3) is 83.7 Å². The van der Waals surface area contributed by atoms with Crippen LogP contribution >= 0.6 is 0 Å². The highest BCUT2D eigenvalue weighted by molar-refractivity contribution is 6.15. The Hall–Kier alpha value is -7.96. The molecule has 6 heteroatoms. The van der Waals surface area contributed by atoms with Gasteiger partial charge in [-0.1, -0.05) is 176 Å². The molecule has 278 valence electrons. The quantitative estimate of drug-likeness (QED) is 0.175. The Morgan fingerprint density at radius 1 is 0.390 bits per heavy atom. The highest BCUT2D eigenvalue weighted by atomic mass is 16.3. The Kier molecular flexibility index (Phi) is 8.44. The first kappa shape index (κ1) is 34.3. The van der Waals surface area contributed by atoms with E-state index in [1.54, 1.807) is 0 Å². The van der Waals surface area contributed by atoms with Gasteiger partial charge in [-0.05, 0) is 57.3 Å². The van der Waals surface area contributed by atoms with Crippen molar-refractivity contribution in [2.45, 2.75) is 6.17 Å². The third-order valence-corrected chi connectivity index (χ3v) is 11.0. The summed E-state index contributed by atoms with van der Waals surface area (Å²) in [7, 11) is 0. The minimum atomic E-state index is -0.256. The van der Waals surface area contributed by atoms with E-state index >= 15 is 0 Å². The number of nitrogens with zero attached hydrogens (tertiary/aromatic N) is 4. The van der Waals surface area contributed by atoms with Crippen LogP contribution in [0.15, 0.2) is 210 Å². The number of para-hydroxylation sites is 1. The molecule has 1 unspecified atom stereocenters. The van der Waals surface area contributed by atoms with Crippen LogP contribution in [-0.4, -0.2) is 20.7 Å². The third kappa shape index (κ3) is 6.33. The molecule has 6 nitrogen and oxygen atoms in total. The summed E-state index contributed by atoms with van der Waals surface area (Å²) in [5.41, 5.74) is 11.5. The summed E-state index contributed by atoms with van der Waals surface area (Å²) in [6, 6.07) is 66.6. The van der Waals surface area contributed by atoms with Crippen LogP contribution in [0.4, 0.5) is 0 Å². The molecule has 2 aromatic heterocycles. The lowest BCUT2D eigenvalue weighted by Crippen LogP contribution is -2.25. The van der Waals surface area contributed by atoms with Crippen LogP contribution in [0.3, 0.4) is 0 Å². The van der Waals surface area contributed by atoms with Crippen molar-refractivity contribution < 1.29 is 4.42 Å². The van der Waals surface area contributed by atoms with Gasteiger partial charge in [0.05, 0.1) is 5.71 Å². The molecule has 0 spiro atoms. The van der Waals surface area contributed by atoms with E-state index in [0.29, 0.717) is 17.5 Å². The number of aliphatic imine (C=N–C) groups is 1. The molecule has 1 aliphatic heterocycles. The largest absolute Gasteiger partial charge is 0.456 e. The second-order valence-corrected chi connectivity index (χ2v) is 14.6. The maximum Gasteiger partial charge on any atom is 0.164 e. The van der Waals surface area contributed by atoms with E-state index in [2.05, 4.69) is 115 Å². The Labute approximate surface area is 340 Å². The van der Waals surface area contributed by atoms with Crippen molar-refractivity contribution in [1.82, 2.24) is 20.3 Å². The second-order valence-electron chi connectivity index (χ2n) is 14.6. The number of hydrogen-bond donors (Lipinski definition) is 1. The van der Waals surface area contributed by atoms with Gasteiger partial charge in [-0.2, -0.15) is 0 Å². The first-order valence-corrected chi connectivity index (χ1v) is 19.7. The van der Waals surface area contributed by atoms with Crippen LogP contribution in [0.2, 0.25) is 0 Å². The number of nitrogens with one attached hydrogen (secondary N) is 1. The zero-order chi connectivity index (χ0) is 39.1. The zero-order valence-corrected chi connectivity index (χ0v) is 31.8. The molecule has 1 atom stereocenters. The lowest BCUT2D eigenvalue weighted by Gasteiger charge is -2.26. The van der Waals surface area contributed by atoms with Crippen LogP contribution in [-0.2, 0) is 0 Å². The first-order chi connectivity index (χ1) is 29.2. The molecule has 11 rings (SSSR count). The number of rotatable bonds is 7. The molecule has 0 radical (unpaired) electrons. The van der Waals surface area contributed by atoms with Gasteiger partial charge in [0.2, 0.25) is 0 Å². The fourth-order valence-electron chi connectivity index (χ4n) is 8.13. The summed E-state index contributed by atoms with van der Waals surface area (Å²) in [6.07, 6.45) is 1.91. The Balaban J connectivity index is 1.14. The minimum absolute atomic E-state index is 0.256. The topological polar surface area (TPSA) is 76.2 Å².